The molecule has 0 unspecified atom stereocenters. The molecule has 0 spiro atoms. The Hall–Kier alpha value is -1.62. The highest BCUT2D eigenvalue weighted by Crippen LogP contribution is 2.22. The zero-order valence-corrected chi connectivity index (χ0v) is 13.2. The van der Waals surface area contributed by atoms with E-state index in [1.54, 1.807) is 30.5 Å². The van der Waals surface area contributed by atoms with E-state index in [0.717, 1.165) is 5.39 Å². The highest BCUT2D eigenvalue weighted by Gasteiger charge is 2.20. The van der Waals surface area contributed by atoms with Crippen molar-refractivity contribution in [3.63, 3.8) is 0 Å². The number of ketones is 1. The van der Waals surface area contributed by atoms with E-state index in [2.05, 4.69) is 15.9 Å². The molecule has 0 saturated carbocycles. The maximum absolute atomic E-state index is 12.1. The predicted molar refractivity (Wildman–Crippen MR) is 81.7 cm³/mol. The summed E-state index contributed by atoms with van der Waals surface area (Å²) in [7, 11) is 0. The molecule has 0 atom stereocenters. The Morgan fingerprint density at radius 2 is 1.95 bits per heavy atom. The highest BCUT2D eigenvalue weighted by atomic mass is 79.9. The van der Waals surface area contributed by atoms with Gasteiger partial charge in [0.2, 0.25) is 0 Å². The molecule has 0 radical (unpaired) electrons. The third-order valence-electron chi connectivity index (χ3n) is 2.74. The van der Waals surface area contributed by atoms with Crippen LogP contribution in [0.4, 0.5) is 4.79 Å². The zero-order valence-electron chi connectivity index (χ0n) is 11.6. The minimum atomic E-state index is -0.559. The molecular formula is C15H16BrNO3. The molecule has 0 saturated heterocycles. The second-order valence-corrected chi connectivity index (χ2v) is 6.02. The Labute approximate surface area is 125 Å². The summed E-state index contributed by atoms with van der Waals surface area (Å²) >= 11 is 3.16. The molecule has 0 N–H and O–H groups in total. The number of hydrogen-bond donors (Lipinski definition) is 0. The summed E-state index contributed by atoms with van der Waals surface area (Å²) < 4.78 is 6.77. The van der Waals surface area contributed by atoms with Crippen LogP contribution >= 0.6 is 15.9 Å². The van der Waals surface area contributed by atoms with Gasteiger partial charge in [0, 0.05) is 17.1 Å². The monoisotopic (exact) mass is 337 g/mol. The van der Waals surface area contributed by atoms with Crippen LogP contribution in [0.3, 0.4) is 0 Å². The molecule has 20 heavy (non-hydrogen) atoms. The van der Waals surface area contributed by atoms with Crippen molar-refractivity contribution in [1.29, 1.82) is 0 Å². The summed E-state index contributed by atoms with van der Waals surface area (Å²) in [5.74, 6) is -0.0162. The molecule has 106 valence electrons. The van der Waals surface area contributed by atoms with Crippen molar-refractivity contribution in [2.24, 2.45) is 0 Å². The molecule has 0 amide bonds. The summed E-state index contributed by atoms with van der Waals surface area (Å²) in [6, 6.07) is 7.07. The van der Waals surface area contributed by atoms with E-state index >= 15 is 0 Å². The van der Waals surface area contributed by atoms with Gasteiger partial charge in [-0.25, -0.2) is 4.79 Å². The number of carbonyl (C=O) groups is 2. The summed E-state index contributed by atoms with van der Waals surface area (Å²) in [5.41, 5.74) is 0.712. The van der Waals surface area contributed by atoms with Gasteiger partial charge in [-0.15, -0.1) is 0 Å². The third kappa shape index (κ3) is 2.93. The number of carbonyl (C=O) groups excluding carboxylic acids is 2. The van der Waals surface area contributed by atoms with Gasteiger partial charge in [-0.3, -0.25) is 9.36 Å². The summed E-state index contributed by atoms with van der Waals surface area (Å²) in [6.45, 7) is 5.45. The van der Waals surface area contributed by atoms with Gasteiger partial charge in [0.05, 0.1) is 10.8 Å². The fourth-order valence-electron chi connectivity index (χ4n) is 1.95. The first-order valence-electron chi connectivity index (χ1n) is 6.26. The number of aromatic nitrogens is 1. The smallest absolute Gasteiger partial charge is 0.418 e. The number of halogens is 1. The average Bonchev–Trinajstić information content (AvgIpc) is 2.79. The largest absolute Gasteiger partial charge is 0.443 e. The zero-order chi connectivity index (χ0) is 14.9. The van der Waals surface area contributed by atoms with Crippen molar-refractivity contribution in [3.8, 4) is 0 Å². The van der Waals surface area contributed by atoms with E-state index in [4.69, 9.17) is 4.74 Å². The maximum Gasteiger partial charge on any atom is 0.418 e. The number of hydrogen-bond acceptors (Lipinski definition) is 3. The van der Waals surface area contributed by atoms with Crippen LogP contribution in [0.1, 0.15) is 31.1 Å². The molecule has 1 aromatic heterocycles. The Morgan fingerprint density at radius 3 is 2.55 bits per heavy atom. The molecule has 0 bridgehead atoms. The van der Waals surface area contributed by atoms with E-state index in [1.807, 2.05) is 20.8 Å². The van der Waals surface area contributed by atoms with Crippen molar-refractivity contribution in [3.05, 3.63) is 36.0 Å². The molecular weight excluding hydrogens is 322 g/mol. The minimum Gasteiger partial charge on any atom is -0.443 e. The van der Waals surface area contributed by atoms with Crippen LogP contribution in [-0.4, -0.2) is 27.4 Å². The highest BCUT2D eigenvalue weighted by molar-refractivity contribution is 9.09. The maximum atomic E-state index is 12.1. The summed E-state index contributed by atoms with van der Waals surface area (Å²) in [6.07, 6.45) is 1.18. The SMILES string of the molecule is CC(C)(C)OC(=O)n1ccc2c(C(=O)CBr)cccc21. The van der Waals surface area contributed by atoms with Crippen LogP contribution in [0.25, 0.3) is 10.9 Å². The lowest BCUT2D eigenvalue weighted by Gasteiger charge is -2.19. The number of rotatable bonds is 2. The minimum absolute atomic E-state index is 0.0162. The summed E-state index contributed by atoms with van der Waals surface area (Å²) in [4.78, 5) is 24.0. The van der Waals surface area contributed by atoms with Gasteiger partial charge in [0.25, 0.3) is 0 Å². The molecule has 1 heterocycles. The number of alkyl halides is 1. The fourth-order valence-corrected chi connectivity index (χ4v) is 2.26. The molecule has 0 aliphatic rings. The predicted octanol–water partition coefficient (Wildman–Crippen LogP) is 4.00. The lowest BCUT2D eigenvalue weighted by Crippen LogP contribution is -2.26. The molecule has 5 heteroatoms. The van der Waals surface area contributed by atoms with E-state index in [9.17, 15) is 9.59 Å². The van der Waals surface area contributed by atoms with Crippen molar-refractivity contribution in [1.82, 2.24) is 4.57 Å². The molecule has 0 aliphatic carbocycles. The fraction of sp³-hybridized carbons (Fsp3) is 0.333. The van der Waals surface area contributed by atoms with E-state index in [1.165, 1.54) is 4.57 Å². The van der Waals surface area contributed by atoms with Crippen molar-refractivity contribution in [2.75, 3.05) is 5.33 Å². The van der Waals surface area contributed by atoms with Crippen molar-refractivity contribution in [2.45, 2.75) is 26.4 Å². The average molecular weight is 338 g/mol. The van der Waals surface area contributed by atoms with Gasteiger partial charge in [0.15, 0.2) is 5.78 Å². The van der Waals surface area contributed by atoms with E-state index < -0.39 is 11.7 Å². The van der Waals surface area contributed by atoms with Gasteiger partial charge in [-0.05, 0) is 32.9 Å². The van der Waals surface area contributed by atoms with Gasteiger partial charge in [0.1, 0.15) is 5.60 Å². The number of Topliss-reactive ketones (excluding diaryl/α,β-unsaturated/α-hetero) is 1. The molecule has 4 nitrogen and oxygen atoms in total. The first-order chi connectivity index (χ1) is 9.33. The Kier molecular flexibility index (Phi) is 3.99. The Balaban J connectivity index is 2.48. The first kappa shape index (κ1) is 14.8. The summed E-state index contributed by atoms with van der Waals surface area (Å²) in [5, 5.41) is 1.01. The molecule has 0 aliphatic heterocycles. The molecule has 2 aromatic rings. The number of benzene rings is 1. The Morgan fingerprint density at radius 1 is 1.25 bits per heavy atom. The standard InChI is InChI=1S/C15H16BrNO3/c1-15(2,3)20-14(19)17-8-7-10-11(13(18)9-16)5-4-6-12(10)17/h4-8H,9H2,1-3H3. The lowest BCUT2D eigenvalue weighted by atomic mass is 10.1. The van der Waals surface area contributed by atoms with Crippen LogP contribution in [0.2, 0.25) is 0 Å². The van der Waals surface area contributed by atoms with Gasteiger partial charge < -0.3 is 4.74 Å². The number of nitrogens with zero attached hydrogens (tertiary/aromatic N) is 1. The van der Waals surface area contributed by atoms with E-state index in [0.29, 0.717) is 11.1 Å². The second-order valence-electron chi connectivity index (χ2n) is 5.46. The first-order valence-corrected chi connectivity index (χ1v) is 7.38. The van der Waals surface area contributed by atoms with Crippen LogP contribution in [0.15, 0.2) is 30.5 Å². The topological polar surface area (TPSA) is 48.3 Å². The van der Waals surface area contributed by atoms with Crippen LogP contribution in [0, 0.1) is 0 Å². The van der Waals surface area contributed by atoms with Crippen molar-refractivity contribution < 1.29 is 14.3 Å². The van der Waals surface area contributed by atoms with Gasteiger partial charge >= 0.3 is 6.09 Å². The lowest BCUT2D eigenvalue weighted by molar-refractivity contribution is 0.0544. The second kappa shape index (κ2) is 5.40. The van der Waals surface area contributed by atoms with Gasteiger partial charge in [-0.1, -0.05) is 28.1 Å². The molecule has 1 aromatic carbocycles. The number of ether oxygens (including phenoxy) is 1. The van der Waals surface area contributed by atoms with E-state index in [-0.39, 0.29) is 11.1 Å². The van der Waals surface area contributed by atoms with Crippen LogP contribution in [-0.2, 0) is 4.74 Å². The number of fused-ring (bicyclic) bond motifs is 1. The third-order valence-corrected chi connectivity index (χ3v) is 3.25. The Bertz CT molecular complexity index is 667. The molecule has 0 fully saturated rings. The normalized spacial score (nSPS) is 11.6. The van der Waals surface area contributed by atoms with Crippen LogP contribution < -0.4 is 0 Å². The van der Waals surface area contributed by atoms with Crippen molar-refractivity contribution >= 4 is 38.7 Å². The van der Waals surface area contributed by atoms with Gasteiger partial charge in [-0.2, -0.15) is 0 Å². The quantitative estimate of drug-likeness (QED) is 0.614. The molecule has 2 rings (SSSR count). The van der Waals surface area contributed by atoms with Crippen LogP contribution in [0.5, 0.6) is 0 Å².